The van der Waals surface area contributed by atoms with Gasteiger partial charge in [0.05, 0.1) is 19.8 Å². The molecule has 0 aromatic heterocycles. The molecule has 0 aliphatic rings. The molecule has 0 fully saturated rings. The summed E-state index contributed by atoms with van der Waals surface area (Å²) in [6.45, 7) is 0.892. The molecule has 2 aromatic rings. The normalized spacial score (nSPS) is 13.7. The minimum absolute atomic E-state index is 0.123. The first-order chi connectivity index (χ1) is 11.8. The average molecular weight is 326 g/mol. The molecular formula is C20H22O4. The lowest BCUT2D eigenvalue weighted by atomic mass is 10.2. The van der Waals surface area contributed by atoms with Gasteiger partial charge >= 0.3 is 0 Å². The maximum Gasteiger partial charge on any atom is 0.142 e. The van der Waals surface area contributed by atoms with Crippen LogP contribution < -0.4 is 0 Å². The first-order valence-electron chi connectivity index (χ1n) is 7.87. The molecule has 0 amide bonds. The quantitative estimate of drug-likeness (QED) is 0.539. The lowest BCUT2D eigenvalue weighted by molar-refractivity contribution is -0.104. The fraction of sp³-hybridized carbons (Fsp3) is 0.250. The second-order valence-electron chi connectivity index (χ2n) is 5.35. The van der Waals surface area contributed by atoms with Crippen LogP contribution in [0.5, 0.6) is 0 Å². The van der Waals surface area contributed by atoms with Crippen LogP contribution in [0.25, 0.3) is 0 Å². The first-order valence-corrected chi connectivity index (χ1v) is 7.87. The summed E-state index contributed by atoms with van der Waals surface area (Å²) in [5, 5.41) is 10.3. The number of rotatable bonds is 10. The molecule has 126 valence electrons. The van der Waals surface area contributed by atoms with Crippen LogP contribution in [0.15, 0.2) is 72.8 Å². The van der Waals surface area contributed by atoms with Crippen molar-refractivity contribution in [2.75, 3.05) is 6.61 Å². The smallest absolute Gasteiger partial charge is 0.142 e. The molecule has 1 N–H and O–H groups in total. The summed E-state index contributed by atoms with van der Waals surface area (Å²) >= 11 is 0. The van der Waals surface area contributed by atoms with E-state index in [1.54, 1.807) is 6.08 Å². The number of hydrogen-bond donors (Lipinski definition) is 1. The minimum Gasteiger partial charge on any atom is -0.388 e. The van der Waals surface area contributed by atoms with E-state index in [1.807, 2.05) is 60.7 Å². The van der Waals surface area contributed by atoms with Gasteiger partial charge in [0.2, 0.25) is 0 Å². The molecule has 0 aliphatic heterocycles. The number of ether oxygens (including phenoxy) is 2. The lowest BCUT2D eigenvalue weighted by Crippen LogP contribution is -2.31. The van der Waals surface area contributed by atoms with E-state index in [0.29, 0.717) is 19.5 Å². The fourth-order valence-corrected chi connectivity index (χ4v) is 2.18. The number of aliphatic hydroxyl groups excluding tert-OH is 1. The Morgan fingerprint density at radius 1 is 0.917 bits per heavy atom. The monoisotopic (exact) mass is 326 g/mol. The molecule has 0 heterocycles. The van der Waals surface area contributed by atoms with Crippen molar-refractivity contribution in [3.63, 3.8) is 0 Å². The van der Waals surface area contributed by atoms with Crippen LogP contribution in [0.1, 0.15) is 11.1 Å². The zero-order chi connectivity index (χ0) is 17.0. The van der Waals surface area contributed by atoms with Gasteiger partial charge in [0.15, 0.2) is 0 Å². The topological polar surface area (TPSA) is 55.8 Å². The zero-order valence-corrected chi connectivity index (χ0v) is 13.5. The lowest BCUT2D eigenvalue weighted by Gasteiger charge is -2.20. The molecule has 0 radical (unpaired) electrons. The summed E-state index contributed by atoms with van der Waals surface area (Å²) in [5.41, 5.74) is 2.04. The van der Waals surface area contributed by atoms with Crippen LogP contribution in [-0.4, -0.2) is 30.2 Å². The molecule has 4 heteroatoms. The average Bonchev–Trinajstić information content (AvgIpc) is 2.63. The number of aldehydes is 1. The molecule has 0 saturated carbocycles. The highest BCUT2D eigenvalue weighted by molar-refractivity contribution is 5.64. The van der Waals surface area contributed by atoms with E-state index in [1.165, 1.54) is 6.08 Å². The van der Waals surface area contributed by atoms with Crippen molar-refractivity contribution in [1.82, 2.24) is 0 Å². The second-order valence-corrected chi connectivity index (χ2v) is 5.35. The third kappa shape index (κ3) is 6.46. The van der Waals surface area contributed by atoms with Crippen molar-refractivity contribution in [2.24, 2.45) is 0 Å². The van der Waals surface area contributed by atoms with Crippen molar-refractivity contribution < 1.29 is 19.4 Å². The number of benzene rings is 2. The van der Waals surface area contributed by atoms with E-state index >= 15 is 0 Å². The molecule has 0 unspecified atom stereocenters. The van der Waals surface area contributed by atoms with Gasteiger partial charge < -0.3 is 14.6 Å². The van der Waals surface area contributed by atoms with Crippen LogP contribution in [0.3, 0.4) is 0 Å². The van der Waals surface area contributed by atoms with Crippen molar-refractivity contribution >= 4 is 6.29 Å². The summed E-state index contributed by atoms with van der Waals surface area (Å²) in [5.74, 6) is 0. The number of carbonyl (C=O) groups is 1. The van der Waals surface area contributed by atoms with Gasteiger partial charge in [-0.05, 0) is 23.3 Å². The summed E-state index contributed by atoms with van der Waals surface area (Å²) < 4.78 is 11.3. The van der Waals surface area contributed by atoms with Gasteiger partial charge in [-0.3, -0.25) is 4.79 Å². The number of hydrogen-bond acceptors (Lipinski definition) is 4. The van der Waals surface area contributed by atoms with Gasteiger partial charge in [0.25, 0.3) is 0 Å². The van der Waals surface area contributed by atoms with E-state index in [0.717, 1.165) is 11.1 Å². The molecule has 2 aromatic carbocycles. The van der Waals surface area contributed by atoms with E-state index in [9.17, 15) is 9.90 Å². The number of aliphatic hydroxyl groups is 1. The number of allylic oxidation sites excluding steroid dienone is 1. The van der Waals surface area contributed by atoms with Crippen LogP contribution in [0, 0.1) is 0 Å². The molecule has 2 rings (SSSR count). The maximum atomic E-state index is 10.5. The van der Waals surface area contributed by atoms with Gasteiger partial charge in [-0.25, -0.2) is 0 Å². The van der Waals surface area contributed by atoms with Crippen molar-refractivity contribution in [3.8, 4) is 0 Å². The highest BCUT2D eigenvalue weighted by atomic mass is 16.5. The standard InChI is InChI=1S/C20H22O4/c21-13-7-12-20(24-15-18-10-5-2-6-11-18)19(22)16-23-14-17-8-3-1-4-9-17/h1-13,19-20,22H,14-16H2/b12-7+/t19-,20-/m1/s1. The minimum atomic E-state index is -0.853. The van der Waals surface area contributed by atoms with Crippen LogP contribution in [0.4, 0.5) is 0 Å². The molecular weight excluding hydrogens is 304 g/mol. The van der Waals surface area contributed by atoms with Gasteiger partial charge in [0, 0.05) is 0 Å². The zero-order valence-electron chi connectivity index (χ0n) is 13.5. The summed E-state index contributed by atoms with van der Waals surface area (Å²) in [6, 6.07) is 19.4. The van der Waals surface area contributed by atoms with Crippen LogP contribution >= 0.6 is 0 Å². The van der Waals surface area contributed by atoms with Gasteiger partial charge in [-0.2, -0.15) is 0 Å². The SMILES string of the molecule is O=C/C=C/[C@@H](OCc1ccccc1)[C@H](O)COCc1ccccc1. The van der Waals surface area contributed by atoms with E-state index in [-0.39, 0.29) is 6.61 Å². The Balaban J connectivity index is 1.83. The summed E-state index contributed by atoms with van der Waals surface area (Å²) in [6.07, 6.45) is 2.08. The van der Waals surface area contributed by atoms with Crippen LogP contribution in [-0.2, 0) is 27.5 Å². The van der Waals surface area contributed by atoms with Gasteiger partial charge in [-0.15, -0.1) is 0 Å². The highest BCUT2D eigenvalue weighted by Crippen LogP contribution is 2.09. The Bertz CT molecular complexity index is 610. The third-order valence-electron chi connectivity index (χ3n) is 3.44. The third-order valence-corrected chi connectivity index (χ3v) is 3.44. The van der Waals surface area contributed by atoms with Crippen molar-refractivity contribution in [1.29, 1.82) is 0 Å². The van der Waals surface area contributed by atoms with E-state index in [2.05, 4.69) is 0 Å². The predicted octanol–water partition coefficient (Wildman–Crippen LogP) is 2.90. The van der Waals surface area contributed by atoms with Crippen LogP contribution in [0.2, 0.25) is 0 Å². The Hall–Kier alpha value is -2.27. The van der Waals surface area contributed by atoms with E-state index < -0.39 is 12.2 Å². The Morgan fingerprint density at radius 3 is 2.08 bits per heavy atom. The maximum absolute atomic E-state index is 10.5. The molecule has 2 atom stereocenters. The fourth-order valence-electron chi connectivity index (χ4n) is 2.18. The molecule has 4 nitrogen and oxygen atoms in total. The van der Waals surface area contributed by atoms with E-state index in [4.69, 9.17) is 9.47 Å². The van der Waals surface area contributed by atoms with Crippen molar-refractivity contribution in [2.45, 2.75) is 25.4 Å². The Kier molecular flexibility index (Phi) is 7.90. The van der Waals surface area contributed by atoms with Gasteiger partial charge in [0.1, 0.15) is 18.5 Å². The summed E-state index contributed by atoms with van der Waals surface area (Å²) in [7, 11) is 0. The summed E-state index contributed by atoms with van der Waals surface area (Å²) in [4.78, 5) is 10.5. The number of carbonyl (C=O) groups excluding carboxylic acids is 1. The molecule has 24 heavy (non-hydrogen) atoms. The largest absolute Gasteiger partial charge is 0.388 e. The molecule has 0 bridgehead atoms. The Labute approximate surface area is 142 Å². The molecule has 0 aliphatic carbocycles. The molecule has 0 spiro atoms. The predicted molar refractivity (Wildman–Crippen MR) is 92.3 cm³/mol. The van der Waals surface area contributed by atoms with Gasteiger partial charge in [-0.1, -0.05) is 60.7 Å². The second kappa shape index (κ2) is 10.5. The Morgan fingerprint density at radius 2 is 1.50 bits per heavy atom. The first kappa shape index (κ1) is 18.1. The molecule has 0 saturated heterocycles. The highest BCUT2D eigenvalue weighted by Gasteiger charge is 2.17. The van der Waals surface area contributed by atoms with Crippen molar-refractivity contribution in [3.05, 3.63) is 83.9 Å².